The number of hydrogen-bond acceptors (Lipinski definition) is 3. The molecule has 0 aromatic heterocycles. The summed E-state index contributed by atoms with van der Waals surface area (Å²) in [5.74, 6) is -2.02. The molecule has 0 aliphatic heterocycles. The monoisotopic (exact) mass is 520 g/mol. The van der Waals surface area contributed by atoms with Crippen LogP contribution in [0.2, 0.25) is 0 Å². The van der Waals surface area contributed by atoms with Gasteiger partial charge in [0.1, 0.15) is 12.1 Å². The third-order valence-corrected chi connectivity index (χ3v) is 6.58. The standard InChI is InChI=1S/C33H32N2O4/c36-30(24-27-17-9-3-10-18-27)35(29(33(38)39)23-26-15-7-2-8-16-26)31(28-19-11-4-12-20-28)32(37)34-22-21-25-13-5-1-6-14-25/h1-20,29,31H,21-24H2,(H,34,37)(H,38,39). The van der Waals surface area contributed by atoms with Gasteiger partial charge in [0.2, 0.25) is 11.8 Å². The lowest BCUT2D eigenvalue weighted by atomic mass is 9.97. The van der Waals surface area contributed by atoms with Crippen LogP contribution in [0.3, 0.4) is 0 Å². The Morgan fingerprint density at radius 1 is 0.667 bits per heavy atom. The molecule has 4 aromatic rings. The van der Waals surface area contributed by atoms with Crippen LogP contribution in [0, 0.1) is 0 Å². The van der Waals surface area contributed by atoms with E-state index in [9.17, 15) is 19.5 Å². The first-order valence-corrected chi connectivity index (χ1v) is 13.0. The SMILES string of the molecule is O=C(O)C(Cc1ccccc1)N(C(=O)Cc1ccccc1)C(C(=O)NCCc1ccccc1)c1ccccc1. The molecule has 2 N–H and O–H groups in total. The van der Waals surface area contributed by atoms with Crippen LogP contribution in [0.15, 0.2) is 121 Å². The van der Waals surface area contributed by atoms with Crippen LogP contribution in [0.1, 0.15) is 28.3 Å². The zero-order chi connectivity index (χ0) is 27.5. The summed E-state index contributed by atoms with van der Waals surface area (Å²) in [4.78, 5) is 41.8. The average Bonchev–Trinajstić information content (AvgIpc) is 2.96. The lowest BCUT2D eigenvalue weighted by Gasteiger charge is -2.36. The Morgan fingerprint density at radius 3 is 1.69 bits per heavy atom. The lowest BCUT2D eigenvalue weighted by Crippen LogP contribution is -2.53. The molecule has 6 heteroatoms. The van der Waals surface area contributed by atoms with E-state index >= 15 is 0 Å². The number of nitrogens with one attached hydrogen (secondary N) is 1. The molecule has 0 saturated carbocycles. The molecule has 6 nitrogen and oxygen atoms in total. The molecule has 2 amide bonds. The first-order chi connectivity index (χ1) is 19.0. The third kappa shape index (κ3) is 7.65. The number of aliphatic carboxylic acids is 1. The largest absolute Gasteiger partial charge is 0.480 e. The van der Waals surface area contributed by atoms with E-state index in [4.69, 9.17) is 0 Å². The Morgan fingerprint density at radius 2 is 1.15 bits per heavy atom. The molecule has 0 fully saturated rings. The van der Waals surface area contributed by atoms with Crippen LogP contribution in [-0.2, 0) is 33.6 Å². The van der Waals surface area contributed by atoms with Crippen molar-refractivity contribution >= 4 is 17.8 Å². The Bertz CT molecular complexity index is 1350. The predicted octanol–water partition coefficient (Wildman–Crippen LogP) is 4.85. The number of hydrogen-bond donors (Lipinski definition) is 2. The molecule has 0 heterocycles. The summed E-state index contributed by atoms with van der Waals surface area (Å²) in [7, 11) is 0. The topological polar surface area (TPSA) is 86.7 Å². The van der Waals surface area contributed by atoms with E-state index in [1.807, 2.05) is 97.1 Å². The van der Waals surface area contributed by atoms with Gasteiger partial charge >= 0.3 is 5.97 Å². The molecule has 39 heavy (non-hydrogen) atoms. The number of carbonyl (C=O) groups is 3. The number of carbonyl (C=O) groups excluding carboxylic acids is 2. The van der Waals surface area contributed by atoms with Gasteiger partial charge in [-0.25, -0.2) is 4.79 Å². The van der Waals surface area contributed by atoms with Crippen molar-refractivity contribution in [1.82, 2.24) is 10.2 Å². The highest BCUT2D eigenvalue weighted by Gasteiger charge is 2.39. The van der Waals surface area contributed by atoms with E-state index in [2.05, 4.69) is 5.32 Å². The van der Waals surface area contributed by atoms with Crippen molar-refractivity contribution in [2.75, 3.05) is 6.54 Å². The number of amides is 2. The molecule has 0 radical (unpaired) electrons. The van der Waals surface area contributed by atoms with Crippen molar-refractivity contribution in [3.8, 4) is 0 Å². The first-order valence-electron chi connectivity index (χ1n) is 13.0. The maximum Gasteiger partial charge on any atom is 0.326 e. The van der Waals surface area contributed by atoms with Crippen molar-refractivity contribution in [2.45, 2.75) is 31.3 Å². The molecular formula is C33H32N2O4. The Balaban J connectivity index is 1.70. The highest BCUT2D eigenvalue weighted by molar-refractivity contribution is 5.92. The minimum Gasteiger partial charge on any atom is -0.480 e. The lowest BCUT2D eigenvalue weighted by molar-refractivity contribution is -0.155. The normalized spacial score (nSPS) is 12.2. The van der Waals surface area contributed by atoms with Gasteiger partial charge in [-0.15, -0.1) is 0 Å². The van der Waals surface area contributed by atoms with Crippen molar-refractivity contribution in [1.29, 1.82) is 0 Å². The fourth-order valence-corrected chi connectivity index (χ4v) is 4.65. The first kappa shape index (κ1) is 27.3. The van der Waals surface area contributed by atoms with Crippen LogP contribution in [0.5, 0.6) is 0 Å². The summed E-state index contributed by atoms with van der Waals surface area (Å²) < 4.78 is 0. The molecule has 0 bridgehead atoms. The molecule has 4 rings (SSSR count). The van der Waals surface area contributed by atoms with Gasteiger partial charge in [-0.2, -0.15) is 0 Å². The summed E-state index contributed by atoms with van der Waals surface area (Å²) in [5.41, 5.74) is 3.13. The zero-order valence-electron chi connectivity index (χ0n) is 21.6. The summed E-state index contributed by atoms with van der Waals surface area (Å²) >= 11 is 0. The van der Waals surface area contributed by atoms with E-state index < -0.39 is 29.9 Å². The second-order valence-electron chi connectivity index (χ2n) is 9.35. The summed E-state index contributed by atoms with van der Waals surface area (Å²) in [6.45, 7) is 0.351. The van der Waals surface area contributed by atoms with Crippen molar-refractivity contribution in [3.63, 3.8) is 0 Å². The number of carboxylic acids is 1. The number of nitrogens with zero attached hydrogens (tertiary/aromatic N) is 1. The van der Waals surface area contributed by atoms with Gasteiger partial charge in [0, 0.05) is 13.0 Å². The maximum absolute atomic E-state index is 13.9. The summed E-state index contributed by atoms with van der Waals surface area (Å²) in [6, 6.07) is 34.6. The molecule has 2 unspecified atom stereocenters. The summed E-state index contributed by atoms with van der Waals surface area (Å²) in [5, 5.41) is 13.4. The predicted molar refractivity (Wildman–Crippen MR) is 151 cm³/mol. The van der Waals surface area contributed by atoms with Gasteiger partial charge in [0.15, 0.2) is 0 Å². The van der Waals surface area contributed by atoms with Crippen LogP contribution in [0.4, 0.5) is 0 Å². The number of rotatable bonds is 12. The minimum atomic E-state index is -1.26. The molecule has 0 aliphatic rings. The second kappa shape index (κ2) is 13.7. The van der Waals surface area contributed by atoms with E-state index in [1.165, 1.54) is 4.90 Å². The molecule has 0 spiro atoms. The maximum atomic E-state index is 13.9. The van der Waals surface area contributed by atoms with Crippen molar-refractivity contribution in [2.24, 2.45) is 0 Å². The summed E-state index contributed by atoms with van der Waals surface area (Å²) in [6.07, 6.45) is 0.649. The fraction of sp³-hybridized carbons (Fsp3) is 0.182. The third-order valence-electron chi connectivity index (χ3n) is 6.58. The van der Waals surface area contributed by atoms with Gasteiger partial charge in [0.25, 0.3) is 0 Å². The van der Waals surface area contributed by atoms with E-state index in [1.54, 1.807) is 24.3 Å². The van der Waals surface area contributed by atoms with E-state index in [0.717, 1.165) is 16.7 Å². The van der Waals surface area contributed by atoms with Crippen molar-refractivity contribution in [3.05, 3.63) is 144 Å². The zero-order valence-corrected chi connectivity index (χ0v) is 21.6. The quantitative estimate of drug-likeness (QED) is 0.280. The fourth-order valence-electron chi connectivity index (χ4n) is 4.65. The number of benzene rings is 4. The average molecular weight is 521 g/mol. The minimum absolute atomic E-state index is 0.0277. The van der Waals surface area contributed by atoms with E-state index in [-0.39, 0.29) is 12.8 Å². The molecule has 0 saturated heterocycles. The van der Waals surface area contributed by atoms with Crippen LogP contribution < -0.4 is 5.32 Å². The van der Waals surface area contributed by atoms with Gasteiger partial charge in [-0.3, -0.25) is 9.59 Å². The van der Waals surface area contributed by atoms with Gasteiger partial charge < -0.3 is 15.3 Å². The smallest absolute Gasteiger partial charge is 0.326 e. The van der Waals surface area contributed by atoms with Crippen LogP contribution in [-0.4, -0.2) is 40.4 Å². The highest BCUT2D eigenvalue weighted by atomic mass is 16.4. The van der Waals surface area contributed by atoms with Gasteiger partial charge in [-0.05, 0) is 28.7 Å². The highest BCUT2D eigenvalue weighted by Crippen LogP contribution is 2.27. The van der Waals surface area contributed by atoms with Gasteiger partial charge in [0.05, 0.1) is 6.42 Å². The Kier molecular flexibility index (Phi) is 9.62. The van der Waals surface area contributed by atoms with Crippen LogP contribution in [0.25, 0.3) is 0 Å². The van der Waals surface area contributed by atoms with Crippen molar-refractivity contribution < 1.29 is 19.5 Å². The van der Waals surface area contributed by atoms with Crippen LogP contribution >= 0.6 is 0 Å². The molecule has 4 aromatic carbocycles. The van der Waals surface area contributed by atoms with E-state index in [0.29, 0.717) is 18.5 Å². The molecular weight excluding hydrogens is 488 g/mol. The molecule has 0 aliphatic carbocycles. The number of carboxylic acid groups (broad SMARTS) is 1. The Labute approximate surface area is 228 Å². The molecule has 2 atom stereocenters. The second-order valence-corrected chi connectivity index (χ2v) is 9.35. The van der Waals surface area contributed by atoms with Gasteiger partial charge in [-0.1, -0.05) is 121 Å². The Hall–Kier alpha value is -4.71. The molecule has 198 valence electrons.